The van der Waals surface area contributed by atoms with Gasteiger partial charge in [0.15, 0.2) is 0 Å². The van der Waals surface area contributed by atoms with Crippen LogP contribution in [0.1, 0.15) is 23.5 Å². The van der Waals surface area contributed by atoms with Crippen molar-refractivity contribution < 1.29 is 14.3 Å². The summed E-state index contributed by atoms with van der Waals surface area (Å²) in [6.07, 6.45) is 0. The highest BCUT2D eigenvalue weighted by atomic mass is 32.1. The summed E-state index contributed by atoms with van der Waals surface area (Å²) < 4.78 is 12.2. The molecule has 2 aromatic carbocycles. The van der Waals surface area contributed by atoms with Crippen LogP contribution >= 0.6 is 11.3 Å². The Kier molecular flexibility index (Phi) is 5.01. The molecule has 1 amide bonds. The van der Waals surface area contributed by atoms with Crippen LogP contribution in [0.3, 0.4) is 0 Å². The molecule has 3 aromatic rings. The molecule has 0 spiro atoms. The van der Waals surface area contributed by atoms with Crippen LogP contribution in [0.2, 0.25) is 0 Å². The fraction of sp³-hybridized carbons (Fsp3) is 0.211. The van der Waals surface area contributed by atoms with E-state index in [1.165, 1.54) is 11.3 Å². The van der Waals surface area contributed by atoms with Crippen molar-refractivity contribution in [3.05, 3.63) is 53.4 Å². The first-order valence-electron chi connectivity index (χ1n) is 7.90. The number of benzene rings is 2. The van der Waals surface area contributed by atoms with Gasteiger partial charge in [-0.2, -0.15) is 0 Å². The van der Waals surface area contributed by atoms with E-state index in [-0.39, 0.29) is 5.91 Å². The molecule has 3 rings (SSSR count). The van der Waals surface area contributed by atoms with Crippen molar-refractivity contribution in [1.82, 2.24) is 0 Å². The molecule has 0 bridgehead atoms. The lowest BCUT2D eigenvalue weighted by Crippen LogP contribution is -2.11. The van der Waals surface area contributed by atoms with Gasteiger partial charge in [0.1, 0.15) is 11.5 Å². The average Bonchev–Trinajstić information content (AvgIpc) is 3.02. The molecule has 0 aliphatic carbocycles. The predicted molar refractivity (Wildman–Crippen MR) is 98.6 cm³/mol. The Morgan fingerprint density at radius 3 is 2.58 bits per heavy atom. The molecule has 1 N–H and O–H groups in total. The quantitative estimate of drug-likeness (QED) is 0.690. The number of nitrogens with one attached hydrogen (secondary N) is 1. The van der Waals surface area contributed by atoms with Crippen molar-refractivity contribution in [2.24, 2.45) is 0 Å². The molecule has 24 heavy (non-hydrogen) atoms. The molecule has 0 fully saturated rings. The monoisotopic (exact) mass is 341 g/mol. The Labute approximate surface area is 145 Å². The molecular formula is C19H19NO3S. The number of carbonyl (C=O) groups is 1. The van der Waals surface area contributed by atoms with E-state index in [0.29, 0.717) is 35.3 Å². The van der Waals surface area contributed by atoms with Gasteiger partial charge in [0, 0.05) is 10.8 Å². The molecule has 0 unspecified atom stereocenters. The summed E-state index contributed by atoms with van der Waals surface area (Å²) in [5.41, 5.74) is 0.616. The minimum atomic E-state index is -0.147. The number of hydrogen-bond donors (Lipinski definition) is 1. The van der Waals surface area contributed by atoms with Crippen LogP contribution < -0.4 is 14.8 Å². The first-order chi connectivity index (χ1) is 11.7. The topological polar surface area (TPSA) is 47.6 Å². The summed E-state index contributed by atoms with van der Waals surface area (Å²) in [7, 11) is 0. The third kappa shape index (κ3) is 3.51. The minimum absolute atomic E-state index is 0.147. The molecule has 0 aliphatic rings. The van der Waals surface area contributed by atoms with Gasteiger partial charge in [0.2, 0.25) is 0 Å². The molecule has 0 saturated heterocycles. The molecule has 5 heteroatoms. The second-order valence-electron chi connectivity index (χ2n) is 5.13. The van der Waals surface area contributed by atoms with Gasteiger partial charge in [0.25, 0.3) is 5.91 Å². The number of ether oxygens (including phenoxy) is 2. The second-order valence-corrected chi connectivity index (χ2v) is 6.21. The number of thiophene rings is 1. The maximum atomic E-state index is 12.6. The lowest BCUT2D eigenvalue weighted by molar-refractivity contribution is 0.103. The van der Waals surface area contributed by atoms with E-state index in [0.717, 1.165) is 10.1 Å². The van der Waals surface area contributed by atoms with E-state index in [1.807, 2.05) is 56.3 Å². The number of amides is 1. The molecule has 0 saturated carbocycles. The third-order valence-corrected chi connectivity index (χ3v) is 4.57. The van der Waals surface area contributed by atoms with Crippen LogP contribution in [-0.2, 0) is 0 Å². The van der Waals surface area contributed by atoms with Gasteiger partial charge in [-0.15, -0.1) is 11.3 Å². The van der Waals surface area contributed by atoms with Gasteiger partial charge in [-0.05, 0) is 43.5 Å². The zero-order chi connectivity index (χ0) is 16.9. The number of carbonyl (C=O) groups excluding carboxylic acids is 1. The van der Waals surface area contributed by atoms with E-state index in [4.69, 9.17) is 9.47 Å². The van der Waals surface area contributed by atoms with Crippen LogP contribution in [0.25, 0.3) is 10.1 Å². The molecule has 0 radical (unpaired) electrons. The van der Waals surface area contributed by atoms with Gasteiger partial charge in [-0.1, -0.05) is 18.2 Å². The van der Waals surface area contributed by atoms with E-state index in [1.54, 1.807) is 6.07 Å². The number of rotatable bonds is 6. The Morgan fingerprint density at radius 2 is 1.83 bits per heavy atom. The summed E-state index contributed by atoms with van der Waals surface area (Å²) in [4.78, 5) is 13.3. The Morgan fingerprint density at radius 1 is 1.04 bits per heavy atom. The first kappa shape index (κ1) is 16.3. The Hall–Kier alpha value is -2.53. The molecule has 4 nitrogen and oxygen atoms in total. The zero-order valence-corrected chi connectivity index (χ0v) is 14.5. The molecule has 0 atom stereocenters. The highest BCUT2D eigenvalue weighted by molar-refractivity contribution is 7.20. The van der Waals surface area contributed by atoms with Gasteiger partial charge in [0.05, 0.1) is 23.8 Å². The van der Waals surface area contributed by atoms with Crippen LogP contribution in [0.5, 0.6) is 11.5 Å². The Balaban J connectivity index is 1.87. The van der Waals surface area contributed by atoms with Crippen LogP contribution in [-0.4, -0.2) is 19.1 Å². The number of fused-ring (bicyclic) bond motifs is 1. The summed E-state index contributed by atoms with van der Waals surface area (Å²) in [6, 6.07) is 15.3. The lowest BCUT2D eigenvalue weighted by atomic mass is 10.2. The van der Waals surface area contributed by atoms with Gasteiger partial charge in [-0.25, -0.2) is 0 Å². The summed E-state index contributed by atoms with van der Waals surface area (Å²) in [6.45, 7) is 4.93. The lowest BCUT2D eigenvalue weighted by Gasteiger charge is -2.13. The highest BCUT2D eigenvalue weighted by Crippen LogP contribution is 2.31. The fourth-order valence-corrected chi connectivity index (χ4v) is 3.38. The smallest absolute Gasteiger partial charge is 0.265 e. The fourth-order valence-electron chi connectivity index (χ4n) is 2.42. The Bertz CT molecular complexity index is 824. The van der Waals surface area contributed by atoms with E-state index in [2.05, 4.69) is 5.32 Å². The normalized spacial score (nSPS) is 10.6. The largest absolute Gasteiger partial charge is 0.494 e. The van der Waals surface area contributed by atoms with Gasteiger partial charge >= 0.3 is 0 Å². The summed E-state index contributed by atoms with van der Waals surface area (Å²) >= 11 is 1.47. The molecular weight excluding hydrogens is 322 g/mol. The third-order valence-electron chi connectivity index (χ3n) is 3.46. The zero-order valence-electron chi connectivity index (χ0n) is 13.7. The predicted octanol–water partition coefficient (Wildman–Crippen LogP) is 4.95. The molecule has 1 aromatic heterocycles. The minimum Gasteiger partial charge on any atom is -0.494 e. The summed E-state index contributed by atoms with van der Waals surface area (Å²) in [5, 5.41) is 4.01. The molecule has 124 valence electrons. The maximum Gasteiger partial charge on any atom is 0.265 e. The standard InChI is InChI=1S/C19H19NO3S/c1-3-22-14-9-10-16(23-4-2)15(12-14)20-19(21)18-11-13-7-5-6-8-17(13)24-18/h5-12H,3-4H2,1-2H3,(H,20,21). The molecule has 1 heterocycles. The first-order valence-corrected chi connectivity index (χ1v) is 8.72. The van der Waals surface area contributed by atoms with E-state index in [9.17, 15) is 4.79 Å². The van der Waals surface area contributed by atoms with Crippen molar-refractivity contribution in [3.63, 3.8) is 0 Å². The van der Waals surface area contributed by atoms with E-state index >= 15 is 0 Å². The number of hydrogen-bond acceptors (Lipinski definition) is 4. The van der Waals surface area contributed by atoms with Crippen molar-refractivity contribution in [2.75, 3.05) is 18.5 Å². The maximum absolute atomic E-state index is 12.6. The second kappa shape index (κ2) is 7.36. The van der Waals surface area contributed by atoms with Gasteiger partial charge in [-0.3, -0.25) is 4.79 Å². The van der Waals surface area contributed by atoms with Crippen molar-refractivity contribution in [1.29, 1.82) is 0 Å². The van der Waals surface area contributed by atoms with Crippen molar-refractivity contribution in [3.8, 4) is 11.5 Å². The van der Waals surface area contributed by atoms with E-state index < -0.39 is 0 Å². The number of anilines is 1. The SMILES string of the molecule is CCOc1ccc(OCC)c(NC(=O)c2cc3ccccc3s2)c1. The van der Waals surface area contributed by atoms with Crippen molar-refractivity contribution in [2.45, 2.75) is 13.8 Å². The van der Waals surface area contributed by atoms with Crippen LogP contribution in [0, 0.1) is 0 Å². The average molecular weight is 341 g/mol. The summed E-state index contributed by atoms with van der Waals surface area (Å²) in [5.74, 6) is 1.19. The molecule has 0 aliphatic heterocycles. The highest BCUT2D eigenvalue weighted by Gasteiger charge is 2.14. The van der Waals surface area contributed by atoms with Crippen LogP contribution in [0.15, 0.2) is 48.5 Å². The van der Waals surface area contributed by atoms with Crippen LogP contribution in [0.4, 0.5) is 5.69 Å². The van der Waals surface area contributed by atoms with Gasteiger partial charge < -0.3 is 14.8 Å². The van der Waals surface area contributed by atoms with Crippen molar-refractivity contribution >= 4 is 33.0 Å².